The number of nitrogens with zero attached hydrogens (tertiary/aromatic N) is 3. The molecule has 0 radical (unpaired) electrons. The molecule has 2 heterocycles. The van der Waals surface area contributed by atoms with E-state index in [0.29, 0.717) is 6.54 Å². The van der Waals surface area contributed by atoms with Gasteiger partial charge in [-0.3, -0.25) is 14.4 Å². The number of ether oxygens (including phenoxy) is 4. The van der Waals surface area contributed by atoms with Gasteiger partial charge in [-0.25, -0.2) is 4.99 Å². The first-order chi connectivity index (χ1) is 14.5. The molecule has 12 nitrogen and oxygen atoms in total. The zero-order valence-electron chi connectivity index (χ0n) is 17.3. The van der Waals surface area contributed by atoms with Crippen LogP contribution in [-0.4, -0.2) is 77.6 Å². The van der Waals surface area contributed by atoms with E-state index >= 15 is 0 Å². The van der Waals surface area contributed by atoms with Gasteiger partial charge in [-0.05, 0) is 31.4 Å². The van der Waals surface area contributed by atoms with Crippen LogP contribution >= 0.6 is 24.4 Å². The van der Waals surface area contributed by atoms with Crippen LogP contribution < -0.4 is 10.6 Å². The molecule has 0 aromatic rings. The molecule has 0 aromatic heterocycles. The van der Waals surface area contributed by atoms with Gasteiger partial charge in [0.1, 0.15) is 6.10 Å². The Bertz CT molecular complexity index is 811. The number of aliphatic imine (C=N–C) groups is 1. The Labute approximate surface area is 189 Å². The largest absolute Gasteiger partial charge is 0.456 e. The number of rotatable bonds is 8. The molecule has 0 bridgehead atoms. The lowest BCUT2D eigenvalue weighted by molar-refractivity contribution is -0.247. The summed E-state index contributed by atoms with van der Waals surface area (Å²) in [7, 11) is 0. The lowest BCUT2D eigenvalue weighted by Gasteiger charge is -2.44. The second kappa shape index (κ2) is 10.7. The summed E-state index contributed by atoms with van der Waals surface area (Å²) in [5.41, 5.74) is -0.550. The van der Waals surface area contributed by atoms with Gasteiger partial charge in [0, 0.05) is 20.8 Å². The van der Waals surface area contributed by atoms with Gasteiger partial charge >= 0.3 is 17.9 Å². The van der Waals surface area contributed by atoms with E-state index in [1.54, 1.807) is 6.92 Å². The van der Waals surface area contributed by atoms with Crippen molar-refractivity contribution in [2.45, 2.75) is 64.0 Å². The Kier molecular flexibility index (Phi) is 8.51. The fourth-order valence-electron chi connectivity index (χ4n) is 2.87. The summed E-state index contributed by atoms with van der Waals surface area (Å²) < 4.78 is 22.0. The zero-order chi connectivity index (χ0) is 23.2. The third kappa shape index (κ3) is 7.58. The minimum absolute atomic E-state index is 0.0554. The maximum atomic E-state index is 11.8. The van der Waals surface area contributed by atoms with Crippen molar-refractivity contribution < 1.29 is 33.3 Å². The van der Waals surface area contributed by atoms with Crippen molar-refractivity contribution in [3.8, 4) is 0 Å². The molecule has 5 atom stereocenters. The van der Waals surface area contributed by atoms with Crippen molar-refractivity contribution >= 4 is 52.6 Å². The minimum Gasteiger partial charge on any atom is -0.456 e. The summed E-state index contributed by atoms with van der Waals surface area (Å²) in [6.45, 7) is 5.63. The van der Waals surface area contributed by atoms with Crippen LogP contribution in [0.25, 0.3) is 0 Å². The SMILES string of the molecule is CC(=O)O[C@H]1[C@H](OC(C)=O)[C@@H](CN=C=S)O[C@H](NC(=S)NCC2(C)N=N2)[C@H]1OC(C)=O. The second-order valence-electron chi connectivity index (χ2n) is 6.99. The van der Waals surface area contributed by atoms with Gasteiger partial charge in [-0.15, -0.1) is 0 Å². The molecule has 1 saturated heterocycles. The number of nitrogens with one attached hydrogen (secondary N) is 2. The van der Waals surface area contributed by atoms with Gasteiger partial charge in [0.15, 0.2) is 29.7 Å². The average molecular weight is 474 g/mol. The molecule has 0 spiro atoms. The normalized spacial score (nSPS) is 27.8. The van der Waals surface area contributed by atoms with Crippen molar-refractivity contribution in [3.05, 3.63) is 0 Å². The molecule has 31 heavy (non-hydrogen) atoms. The standard InChI is InChI=1S/C17H23N5O7S2/c1-8(23)26-12-11(5-18-7-30)29-15(20-16(31)19-6-17(4)21-22-17)14(28-10(3)25)13(12)27-9(2)24/h11-15H,5-6H2,1-4H3,(H2,19,20,31)/t11-,12-,13+,14+,15+/m1/s1. The number of hydrogen-bond acceptors (Lipinski definition) is 12. The van der Waals surface area contributed by atoms with E-state index in [0.717, 1.165) is 0 Å². The van der Waals surface area contributed by atoms with Crippen LogP contribution in [0.2, 0.25) is 0 Å². The Morgan fingerprint density at radius 1 is 1.06 bits per heavy atom. The van der Waals surface area contributed by atoms with E-state index in [-0.39, 0.29) is 11.7 Å². The first-order valence-corrected chi connectivity index (χ1v) is 10.1. The van der Waals surface area contributed by atoms with Crippen LogP contribution in [0.4, 0.5) is 0 Å². The molecular weight excluding hydrogens is 450 g/mol. The highest BCUT2D eigenvalue weighted by Crippen LogP contribution is 2.28. The summed E-state index contributed by atoms with van der Waals surface area (Å²) in [5, 5.41) is 15.9. The summed E-state index contributed by atoms with van der Waals surface area (Å²) in [6, 6.07) is 0. The molecule has 14 heteroatoms. The maximum Gasteiger partial charge on any atom is 0.303 e. The lowest BCUT2D eigenvalue weighted by Crippen LogP contribution is -2.66. The van der Waals surface area contributed by atoms with Crippen molar-refractivity contribution in [3.63, 3.8) is 0 Å². The summed E-state index contributed by atoms with van der Waals surface area (Å²) in [6.07, 6.45) is -5.48. The molecule has 0 aromatic carbocycles. The minimum atomic E-state index is -1.20. The molecule has 2 aliphatic heterocycles. The van der Waals surface area contributed by atoms with E-state index in [1.165, 1.54) is 20.8 Å². The second-order valence-corrected chi connectivity index (χ2v) is 7.58. The number of esters is 3. The third-order valence-electron chi connectivity index (χ3n) is 4.17. The molecule has 170 valence electrons. The highest BCUT2D eigenvalue weighted by molar-refractivity contribution is 7.80. The van der Waals surface area contributed by atoms with Crippen molar-refractivity contribution in [2.24, 2.45) is 15.2 Å². The monoisotopic (exact) mass is 473 g/mol. The summed E-state index contributed by atoms with van der Waals surface area (Å²) in [4.78, 5) is 39.0. The summed E-state index contributed by atoms with van der Waals surface area (Å²) >= 11 is 9.88. The molecule has 0 unspecified atom stereocenters. The van der Waals surface area contributed by atoms with Gasteiger partial charge in [0.25, 0.3) is 0 Å². The highest BCUT2D eigenvalue weighted by atomic mass is 32.1. The topological polar surface area (TPSA) is 149 Å². The quantitative estimate of drug-likeness (QED) is 0.216. The number of hydrogen-bond donors (Lipinski definition) is 2. The van der Waals surface area contributed by atoms with Crippen LogP contribution in [0.3, 0.4) is 0 Å². The predicted octanol–water partition coefficient (Wildman–Crippen LogP) is 0.255. The Morgan fingerprint density at radius 3 is 2.13 bits per heavy atom. The highest BCUT2D eigenvalue weighted by Gasteiger charge is 2.52. The van der Waals surface area contributed by atoms with E-state index in [1.807, 2.05) is 0 Å². The molecular formula is C17H23N5O7S2. The van der Waals surface area contributed by atoms with Crippen LogP contribution in [0.1, 0.15) is 27.7 Å². The number of carbonyl (C=O) groups is 3. The van der Waals surface area contributed by atoms with E-state index < -0.39 is 54.2 Å². The van der Waals surface area contributed by atoms with E-state index in [9.17, 15) is 14.4 Å². The molecule has 0 saturated carbocycles. The first-order valence-electron chi connectivity index (χ1n) is 9.24. The van der Waals surface area contributed by atoms with Gasteiger partial charge in [-0.1, -0.05) is 0 Å². The molecule has 1 fully saturated rings. The van der Waals surface area contributed by atoms with Gasteiger partial charge in [0.2, 0.25) is 5.66 Å². The number of thiocarbonyl (C=S) groups is 2. The van der Waals surface area contributed by atoms with Crippen LogP contribution in [-0.2, 0) is 33.3 Å². The molecule has 2 N–H and O–H groups in total. The Hall–Kier alpha value is -2.54. The van der Waals surface area contributed by atoms with Gasteiger partial charge < -0.3 is 29.6 Å². The van der Waals surface area contributed by atoms with Crippen molar-refractivity contribution in [1.82, 2.24) is 10.6 Å². The smallest absolute Gasteiger partial charge is 0.303 e. The van der Waals surface area contributed by atoms with Gasteiger partial charge in [-0.2, -0.15) is 10.2 Å². The van der Waals surface area contributed by atoms with E-state index in [2.05, 4.69) is 43.2 Å². The fourth-order valence-corrected chi connectivity index (χ4v) is 3.13. The molecule has 2 aliphatic rings. The average Bonchev–Trinajstić information content (AvgIpc) is 3.40. The first kappa shape index (κ1) is 24.7. The fraction of sp³-hybridized carbons (Fsp3) is 0.706. The number of isothiocyanates is 1. The van der Waals surface area contributed by atoms with Crippen LogP contribution in [0.5, 0.6) is 0 Å². The van der Waals surface area contributed by atoms with Crippen molar-refractivity contribution in [1.29, 1.82) is 0 Å². The van der Waals surface area contributed by atoms with Gasteiger partial charge in [0.05, 0.1) is 18.3 Å². The molecule has 0 aliphatic carbocycles. The molecule has 2 rings (SSSR count). The maximum absolute atomic E-state index is 11.8. The predicted molar refractivity (Wildman–Crippen MR) is 112 cm³/mol. The number of carbonyl (C=O) groups excluding carboxylic acids is 3. The third-order valence-corrected chi connectivity index (χ3v) is 4.57. The Morgan fingerprint density at radius 2 is 1.61 bits per heavy atom. The van der Waals surface area contributed by atoms with Crippen LogP contribution in [0.15, 0.2) is 15.2 Å². The van der Waals surface area contributed by atoms with Crippen LogP contribution in [0, 0.1) is 0 Å². The zero-order valence-corrected chi connectivity index (χ0v) is 18.9. The van der Waals surface area contributed by atoms with Crippen molar-refractivity contribution in [2.75, 3.05) is 13.1 Å². The lowest BCUT2D eigenvalue weighted by atomic mass is 9.97. The summed E-state index contributed by atoms with van der Waals surface area (Å²) in [5.74, 6) is -2.00. The molecule has 0 amide bonds. The van der Waals surface area contributed by atoms with E-state index in [4.69, 9.17) is 31.2 Å². The Balaban J connectivity index is 2.29.